The standard InChI is InChI=1S/C32H46N4O7S2/c1-16-18(3)27(20(5)22-14-31(7,8)42-25(16)22)44(38,39)29(37)24(12-11-13-35-30(33)34)36-45(40,41)28-19(4)17(2)26-23(21(28)6)15-32(9,10)43-26/h24,36H,11-15H2,1-10H3,(H4,33,34,35)/t24-/m0/s1. The highest BCUT2D eigenvalue weighted by Crippen LogP contribution is 2.45. The largest absolute Gasteiger partial charge is 0.487 e. The second-order valence-corrected chi connectivity index (χ2v) is 17.0. The molecule has 1 atom stereocenters. The zero-order valence-electron chi connectivity index (χ0n) is 27.9. The van der Waals surface area contributed by atoms with Gasteiger partial charge in [-0.05, 0) is 115 Å². The zero-order chi connectivity index (χ0) is 34.0. The molecule has 248 valence electrons. The molecule has 0 amide bonds. The summed E-state index contributed by atoms with van der Waals surface area (Å²) in [4.78, 5) is 17.9. The molecule has 2 aromatic carbocycles. The minimum atomic E-state index is -4.67. The maximum Gasteiger partial charge on any atom is 0.269 e. The van der Waals surface area contributed by atoms with Crippen molar-refractivity contribution >= 4 is 30.9 Å². The lowest BCUT2D eigenvalue weighted by atomic mass is 9.94. The van der Waals surface area contributed by atoms with Crippen LogP contribution in [0.3, 0.4) is 0 Å². The lowest BCUT2D eigenvalue weighted by Crippen LogP contribution is -2.44. The first-order chi connectivity index (χ1) is 20.5. The van der Waals surface area contributed by atoms with Crippen molar-refractivity contribution < 1.29 is 31.1 Å². The molecule has 45 heavy (non-hydrogen) atoms. The van der Waals surface area contributed by atoms with Gasteiger partial charge in [0.15, 0.2) is 5.96 Å². The van der Waals surface area contributed by atoms with Crippen LogP contribution in [-0.2, 0) is 37.5 Å². The summed E-state index contributed by atoms with van der Waals surface area (Å²) >= 11 is 0. The summed E-state index contributed by atoms with van der Waals surface area (Å²) in [6.07, 6.45) is 0.976. The minimum absolute atomic E-state index is 0.0135. The second-order valence-electron chi connectivity index (χ2n) is 13.5. The van der Waals surface area contributed by atoms with Crippen LogP contribution < -0.4 is 25.7 Å². The molecule has 0 saturated carbocycles. The third kappa shape index (κ3) is 6.31. The van der Waals surface area contributed by atoms with Gasteiger partial charge in [-0.15, -0.1) is 0 Å². The lowest BCUT2D eigenvalue weighted by Gasteiger charge is -2.23. The molecule has 2 aromatic rings. The predicted molar refractivity (Wildman–Crippen MR) is 174 cm³/mol. The van der Waals surface area contributed by atoms with Crippen molar-refractivity contribution in [3.8, 4) is 11.5 Å². The summed E-state index contributed by atoms with van der Waals surface area (Å²) in [7, 11) is -9.06. The van der Waals surface area contributed by atoms with Gasteiger partial charge in [-0.1, -0.05) is 0 Å². The van der Waals surface area contributed by atoms with Crippen molar-refractivity contribution in [2.45, 2.75) is 122 Å². The summed E-state index contributed by atoms with van der Waals surface area (Å²) < 4.78 is 71.4. The van der Waals surface area contributed by atoms with Crippen LogP contribution in [0.5, 0.6) is 11.5 Å². The predicted octanol–water partition coefficient (Wildman–Crippen LogP) is 3.67. The summed E-state index contributed by atoms with van der Waals surface area (Å²) in [5.41, 5.74) is 14.4. The van der Waals surface area contributed by atoms with Gasteiger partial charge in [0.25, 0.3) is 5.12 Å². The molecular formula is C32H46N4O7S2. The third-order valence-electron chi connectivity index (χ3n) is 8.91. The number of fused-ring (bicyclic) bond motifs is 2. The van der Waals surface area contributed by atoms with E-state index < -0.39 is 42.2 Å². The first-order valence-electron chi connectivity index (χ1n) is 15.0. The van der Waals surface area contributed by atoms with Gasteiger partial charge in [-0.25, -0.2) is 16.8 Å². The highest BCUT2D eigenvalue weighted by atomic mass is 32.2. The van der Waals surface area contributed by atoms with Crippen LogP contribution in [0.25, 0.3) is 0 Å². The van der Waals surface area contributed by atoms with Gasteiger partial charge >= 0.3 is 0 Å². The third-order valence-corrected chi connectivity index (χ3v) is 12.6. The van der Waals surface area contributed by atoms with Gasteiger partial charge in [-0.3, -0.25) is 9.79 Å². The zero-order valence-corrected chi connectivity index (χ0v) is 29.5. The van der Waals surface area contributed by atoms with Crippen molar-refractivity contribution in [3.05, 3.63) is 44.5 Å². The molecule has 2 aliphatic heterocycles. The maximum atomic E-state index is 14.2. The fraction of sp³-hybridized carbons (Fsp3) is 0.562. The number of nitrogens with zero attached hydrogens (tertiary/aromatic N) is 1. The average Bonchev–Trinajstić information content (AvgIpc) is 3.42. The number of nitrogens with one attached hydrogen (secondary N) is 1. The fourth-order valence-corrected chi connectivity index (χ4v) is 10.3. The van der Waals surface area contributed by atoms with E-state index in [1.54, 1.807) is 41.5 Å². The number of carbonyl (C=O) groups excluding carboxylic acids is 1. The van der Waals surface area contributed by atoms with Crippen molar-refractivity contribution in [1.82, 2.24) is 4.72 Å². The van der Waals surface area contributed by atoms with E-state index in [2.05, 4.69) is 9.71 Å². The fourth-order valence-electron chi connectivity index (χ4n) is 6.56. The van der Waals surface area contributed by atoms with Gasteiger partial charge in [0.1, 0.15) is 22.7 Å². The van der Waals surface area contributed by atoms with Crippen LogP contribution in [0.1, 0.15) is 85.0 Å². The Morgan fingerprint density at radius 1 is 0.778 bits per heavy atom. The number of hydrogen-bond donors (Lipinski definition) is 3. The van der Waals surface area contributed by atoms with Gasteiger partial charge in [-0.2, -0.15) is 4.72 Å². The molecule has 0 radical (unpaired) electrons. The molecule has 2 aliphatic rings. The summed E-state index contributed by atoms with van der Waals surface area (Å²) in [6.45, 7) is 18.0. The molecule has 0 unspecified atom stereocenters. The molecule has 0 bridgehead atoms. The van der Waals surface area contributed by atoms with Crippen molar-refractivity contribution in [2.24, 2.45) is 16.5 Å². The lowest BCUT2D eigenvalue weighted by molar-refractivity contribution is -0.113. The summed E-state index contributed by atoms with van der Waals surface area (Å²) in [5.74, 6) is 1.12. The van der Waals surface area contributed by atoms with E-state index in [4.69, 9.17) is 20.9 Å². The van der Waals surface area contributed by atoms with E-state index in [-0.39, 0.29) is 35.1 Å². The maximum absolute atomic E-state index is 14.2. The molecular weight excluding hydrogens is 617 g/mol. The molecule has 0 aliphatic carbocycles. The van der Waals surface area contributed by atoms with E-state index in [1.165, 1.54) is 0 Å². The molecule has 4 rings (SSSR count). The Morgan fingerprint density at radius 2 is 1.22 bits per heavy atom. The normalized spacial score (nSPS) is 17.2. The van der Waals surface area contributed by atoms with Crippen molar-refractivity contribution in [2.75, 3.05) is 6.54 Å². The molecule has 0 fully saturated rings. The number of sulfonamides is 1. The summed E-state index contributed by atoms with van der Waals surface area (Å²) in [6, 6.07) is -1.60. The Balaban J connectivity index is 1.80. The number of benzene rings is 2. The Bertz CT molecular complexity index is 1840. The smallest absolute Gasteiger partial charge is 0.269 e. The van der Waals surface area contributed by atoms with Crippen LogP contribution in [-0.4, -0.2) is 51.7 Å². The van der Waals surface area contributed by atoms with Crippen LogP contribution >= 0.6 is 0 Å². The summed E-state index contributed by atoms with van der Waals surface area (Å²) in [5, 5.41) is -1.24. The highest BCUT2D eigenvalue weighted by Gasteiger charge is 2.42. The number of carbonyl (C=O) groups is 1. The number of hydrogen-bond acceptors (Lipinski definition) is 8. The van der Waals surface area contributed by atoms with Gasteiger partial charge in [0.05, 0.1) is 15.8 Å². The van der Waals surface area contributed by atoms with Crippen molar-refractivity contribution in [1.29, 1.82) is 0 Å². The quantitative estimate of drug-likeness (QED) is 0.205. The van der Waals surface area contributed by atoms with Gasteiger partial charge in [0.2, 0.25) is 19.9 Å². The number of sulfone groups is 1. The van der Waals surface area contributed by atoms with E-state index in [0.717, 1.165) is 11.1 Å². The van der Waals surface area contributed by atoms with Crippen LogP contribution in [0, 0.1) is 41.5 Å². The first-order valence-corrected chi connectivity index (χ1v) is 18.0. The van der Waals surface area contributed by atoms with Gasteiger partial charge in [0, 0.05) is 30.5 Å². The van der Waals surface area contributed by atoms with Crippen LogP contribution in [0.15, 0.2) is 14.8 Å². The molecule has 5 N–H and O–H groups in total. The highest BCUT2D eigenvalue weighted by molar-refractivity contribution is 8.06. The SMILES string of the molecule is Cc1c(C)c(S(=O)(=O)N[C@@H](CCCN=C(N)N)C(=O)S(=O)(=O)c2c(C)c(C)c3c(c2C)CC(C)(C)O3)c(C)c2c1OC(C)(C)C2. The molecule has 11 nitrogen and oxygen atoms in total. The number of nitrogens with two attached hydrogens (primary N) is 2. The number of rotatable bonds is 9. The second kappa shape index (κ2) is 11.6. The van der Waals surface area contributed by atoms with Crippen LogP contribution in [0.2, 0.25) is 0 Å². The topological polar surface area (TPSA) is 180 Å². The van der Waals surface area contributed by atoms with Gasteiger partial charge < -0.3 is 20.9 Å². The van der Waals surface area contributed by atoms with E-state index in [1.807, 2.05) is 27.7 Å². The Kier molecular flexibility index (Phi) is 8.93. The number of aliphatic imine (C=N–C) groups is 1. The molecule has 2 heterocycles. The molecule has 0 aromatic heterocycles. The Hall–Kier alpha value is -3.16. The first kappa shape index (κ1) is 34.7. The molecule has 13 heteroatoms. The Labute approximate surface area is 267 Å². The minimum Gasteiger partial charge on any atom is -0.487 e. The average molecular weight is 663 g/mol. The molecule has 0 saturated heterocycles. The number of guanidine groups is 1. The number of ether oxygens (including phenoxy) is 2. The van der Waals surface area contributed by atoms with Crippen LogP contribution in [0.4, 0.5) is 0 Å². The van der Waals surface area contributed by atoms with E-state index in [0.29, 0.717) is 57.7 Å². The molecule has 0 spiro atoms. The van der Waals surface area contributed by atoms with E-state index in [9.17, 15) is 21.6 Å². The van der Waals surface area contributed by atoms with E-state index >= 15 is 0 Å². The Morgan fingerprint density at radius 3 is 1.69 bits per heavy atom. The monoisotopic (exact) mass is 662 g/mol. The van der Waals surface area contributed by atoms with Crippen molar-refractivity contribution in [3.63, 3.8) is 0 Å².